The Balaban J connectivity index is 2.11. The van der Waals surface area contributed by atoms with E-state index in [1.54, 1.807) is 37.4 Å². The van der Waals surface area contributed by atoms with Gasteiger partial charge >= 0.3 is 5.97 Å². The molecule has 0 saturated heterocycles. The second kappa shape index (κ2) is 5.92. The summed E-state index contributed by atoms with van der Waals surface area (Å²) in [6.07, 6.45) is 0. The lowest BCUT2D eigenvalue weighted by atomic mass is 10.2. The summed E-state index contributed by atoms with van der Waals surface area (Å²) in [5, 5.41) is 10.7. The first-order valence-electron chi connectivity index (χ1n) is 5.84. The average molecular weight is 275 g/mol. The summed E-state index contributed by atoms with van der Waals surface area (Å²) in [6, 6.07) is 10.3. The van der Waals surface area contributed by atoms with E-state index in [-0.39, 0.29) is 5.76 Å². The molecular weight excluding hydrogens is 262 g/mol. The van der Waals surface area contributed by atoms with E-state index in [1.807, 2.05) is 0 Å². The molecule has 0 aliphatic rings. The molecule has 0 aliphatic heterocycles. The lowest BCUT2D eigenvalue weighted by molar-refractivity contribution is -0.135. The summed E-state index contributed by atoms with van der Waals surface area (Å²) in [5.41, 5.74) is 0.795. The van der Waals surface area contributed by atoms with Gasteiger partial charge in [-0.15, -0.1) is 0 Å². The van der Waals surface area contributed by atoms with E-state index in [4.69, 9.17) is 14.3 Å². The van der Waals surface area contributed by atoms with Crippen LogP contribution in [0, 0.1) is 0 Å². The first-order valence-corrected chi connectivity index (χ1v) is 5.84. The molecule has 2 N–H and O–H groups in total. The molecule has 1 heterocycles. The number of carboxylic acid groups (broad SMARTS) is 1. The topological polar surface area (TPSA) is 88.8 Å². The number of hydrogen-bond acceptors (Lipinski definition) is 4. The number of nitrogens with one attached hydrogen (secondary N) is 1. The number of aliphatic carboxylic acids is 1. The fraction of sp³-hybridized carbons (Fsp3) is 0.143. The summed E-state index contributed by atoms with van der Waals surface area (Å²) >= 11 is 0. The Labute approximate surface area is 115 Å². The van der Waals surface area contributed by atoms with Gasteiger partial charge in [0.2, 0.25) is 0 Å². The van der Waals surface area contributed by atoms with Crippen LogP contribution in [0.5, 0.6) is 5.75 Å². The Kier molecular flexibility index (Phi) is 4.05. The molecule has 0 aliphatic carbocycles. The molecule has 2 rings (SSSR count). The van der Waals surface area contributed by atoms with Crippen molar-refractivity contribution in [3.63, 3.8) is 0 Å². The molecule has 0 saturated carbocycles. The van der Waals surface area contributed by atoms with Crippen LogP contribution in [0.4, 0.5) is 0 Å². The zero-order valence-corrected chi connectivity index (χ0v) is 10.8. The quantitative estimate of drug-likeness (QED) is 0.868. The van der Waals surface area contributed by atoms with E-state index >= 15 is 0 Å². The minimum atomic E-state index is -1.11. The lowest BCUT2D eigenvalue weighted by Gasteiger charge is -2.01. The van der Waals surface area contributed by atoms with Crippen LogP contribution in [-0.2, 0) is 4.79 Å². The molecule has 0 spiro atoms. The van der Waals surface area contributed by atoms with Gasteiger partial charge in [-0.25, -0.2) is 0 Å². The van der Waals surface area contributed by atoms with Gasteiger partial charge in [0, 0.05) is 5.56 Å². The maximum absolute atomic E-state index is 11.6. The van der Waals surface area contributed by atoms with Gasteiger partial charge in [-0.2, -0.15) is 0 Å². The fourth-order valence-corrected chi connectivity index (χ4v) is 1.61. The number of amides is 1. The van der Waals surface area contributed by atoms with Crippen LogP contribution in [0.1, 0.15) is 10.6 Å². The van der Waals surface area contributed by atoms with Crippen molar-refractivity contribution in [1.82, 2.24) is 5.32 Å². The third-order valence-electron chi connectivity index (χ3n) is 2.60. The van der Waals surface area contributed by atoms with Gasteiger partial charge in [0.25, 0.3) is 5.91 Å². The van der Waals surface area contributed by atoms with Gasteiger partial charge < -0.3 is 19.6 Å². The van der Waals surface area contributed by atoms with Crippen molar-refractivity contribution in [2.45, 2.75) is 0 Å². The maximum atomic E-state index is 11.6. The molecule has 6 heteroatoms. The second-order valence-electron chi connectivity index (χ2n) is 3.97. The third kappa shape index (κ3) is 3.17. The summed E-state index contributed by atoms with van der Waals surface area (Å²) < 4.78 is 10.4. The molecule has 2 aromatic rings. The standard InChI is InChI=1S/C14H13NO5/c1-19-10-4-2-9(3-5-10)11-6-7-12(20-11)14(18)15-8-13(16)17/h2-7H,8H2,1H3,(H,15,18)(H,16,17). The van der Waals surface area contributed by atoms with Crippen molar-refractivity contribution >= 4 is 11.9 Å². The van der Waals surface area contributed by atoms with E-state index in [0.29, 0.717) is 5.76 Å². The summed E-state index contributed by atoms with van der Waals surface area (Å²) in [4.78, 5) is 22.0. The fourth-order valence-electron chi connectivity index (χ4n) is 1.61. The minimum Gasteiger partial charge on any atom is -0.497 e. The van der Waals surface area contributed by atoms with Crippen molar-refractivity contribution in [2.24, 2.45) is 0 Å². The molecule has 6 nitrogen and oxygen atoms in total. The number of hydrogen-bond donors (Lipinski definition) is 2. The highest BCUT2D eigenvalue weighted by Gasteiger charge is 2.12. The highest BCUT2D eigenvalue weighted by atomic mass is 16.5. The molecule has 1 aromatic heterocycles. The lowest BCUT2D eigenvalue weighted by Crippen LogP contribution is -2.28. The monoisotopic (exact) mass is 275 g/mol. The molecular formula is C14H13NO5. The van der Waals surface area contributed by atoms with Crippen LogP contribution >= 0.6 is 0 Å². The van der Waals surface area contributed by atoms with Gasteiger partial charge in [0.1, 0.15) is 18.1 Å². The highest BCUT2D eigenvalue weighted by Crippen LogP contribution is 2.24. The highest BCUT2D eigenvalue weighted by molar-refractivity contribution is 5.93. The van der Waals surface area contributed by atoms with Gasteiger partial charge in [-0.3, -0.25) is 9.59 Å². The molecule has 1 aromatic carbocycles. The molecule has 20 heavy (non-hydrogen) atoms. The molecule has 0 radical (unpaired) electrons. The van der Waals surface area contributed by atoms with Crippen LogP contribution in [-0.4, -0.2) is 30.6 Å². The van der Waals surface area contributed by atoms with Gasteiger partial charge in [0.15, 0.2) is 5.76 Å². The molecule has 0 bridgehead atoms. The Hall–Kier alpha value is -2.76. The van der Waals surface area contributed by atoms with Gasteiger partial charge in [-0.1, -0.05) is 0 Å². The van der Waals surface area contributed by atoms with Gasteiger partial charge in [-0.05, 0) is 36.4 Å². The SMILES string of the molecule is COc1ccc(-c2ccc(C(=O)NCC(=O)O)o2)cc1. The number of carboxylic acids is 1. The van der Waals surface area contributed by atoms with E-state index in [9.17, 15) is 9.59 Å². The number of methoxy groups -OCH3 is 1. The van der Waals surface area contributed by atoms with E-state index in [0.717, 1.165) is 11.3 Å². The van der Waals surface area contributed by atoms with Crippen LogP contribution in [0.3, 0.4) is 0 Å². The number of carbonyl (C=O) groups excluding carboxylic acids is 1. The Morgan fingerprint density at radius 2 is 1.90 bits per heavy atom. The third-order valence-corrected chi connectivity index (χ3v) is 2.60. The number of ether oxygens (including phenoxy) is 1. The predicted molar refractivity (Wildman–Crippen MR) is 70.7 cm³/mol. The Bertz CT molecular complexity index is 615. The summed E-state index contributed by atoms with van der Waals surface area (Å²) in [7, 11) is 1.58. The first-order chi connectivity index (χ1) is 9.60. The number of furan rings is 1. The molecule has 0 atom stereocenters. The zero-order chi connectivity index (χ0) is 14.5. The number of rotatable bonds is 5. The van der Waals surface area contributed by atoms with Crippen molar-refractivity contribution in [3.8, 4) is 17.1 Å². The maximum Gasteiger partial charge on any atom is 0.322 e. The summed E-state index contributed by atoms with van der Waals surface area (Å²) in [6.45, 7) is -0.447. The van der Waals surface area contributed by atoms with Crippen LogP contribution < -0.4 is 10.1 Å². The van der Waals surface area contributed by atoms with Gasteiger partial charge in [0.05, 0.1) is 7.11 Å². The van der Waals surface area contributed by atoms with Crippen LogP contribution in [0.15, 0.2) is 40.8 Å². The first kappa shape index (κ1) is 13.7. The largest absolute Gasteiger partial charge is 0.497 e. The zero-order valence-electron chi connectivity index (χ0n) is 10.8. The number of carbonyl (C=O) groups is 2. The molecule has 104 valence electrons. The van der Waals surface area contributed by atoms with Crippen LogP contribution in [0.2, 0.25) is 0 Å². The smallest absolute Gasteiger partial charge is 0.322 e. The second-order valence-corrected chi connectivity index (χ2v) is 3.97. The molecule has 0 unspecified atom stereocenters. The van der Waals surface area contributed by atoms with Crippen molar-refractivity contribution < 1.29 is 23.8 Å². The van der Waals surface area contributed by atoms with Crippen molar-refractivity contribution in [2.75, 3.05) is 13.7 Å². The molecule has 0 fully saturated rings. The summed E-state index contributed by atoms with van der Waals surface area (Å²) in [5.74, 6) is -0.364. The average Bonchev–Trinajstić information content (AvgIpc) is 2.94. The number of benzene rings is 1. The molecule has 1 amide bonds. The van der Waals surface area contributed by atoms with E-state index in [1.165, 1.54) is 6.07 Å². The van der Waals surface area contributed by atoms with Crippen molar-refractivity contribution in [1.29, 1.82) is 0 Å². The van der Waals surface area contributed by atoms with Crippen LogP contribution in [0.25, 0.3) is 11.3 Å². The van der Waals surface area contributed by atoms with E-state index in [2.05, 4.69) is 5.32 Å². The Morgan fingerprint density at radius 3 is 2.50 bits per heavy atom. The minimum absolute atomic E-state index is 0.0667. The van der Waals surface area contributed by atoms with E-state index < -0.39 is 18.4 Å². The van der Waals surface area contributed by atoms with Crippen molar-refractivity contribution in [3.05, 3.63) is 42.2 Å². The Morgan fingerprint density at radius 1 is 1.20 bits per heavy atom. The predicted octanol–water partition coefficient (Wildman–Crippen LogP) is 1.77. The normalized spacial score (nSPS) is 10.1.